The molecule has 2 N–H and O–H groups in total. The van der Waals surface area contributed by atoms with Crippen LogP contribution in [0.1, 0.15) is 15.8 Å². The van der Waals surface area contributed by atoms with Crippen LogP contribution in [0.25, 0.3) is 0 Å². The zero-order chi connectivity index (χ0) is 24.2. The molecule has 2 amide bonds. The number of nitrogens with one attached hydrogen (secondary N) is 1. The van der Waals surface area contributed by atoms with Gasteiger partial charge >= 0.3 is 5.97 Å². The molecule has 3 heterocycles. The van der Waals surface area contributed by atoms with Gasteiger partial charge in [-0.1, -0.05) is 53.4 Å². The quantitative estimate of drug-likeness (QED) is 0.265. The van der Waals surface area contributed by atoms with Gasteiger partial charge in [0.25, 0.3) is 5.91 Å². The Labute approximate surface area is 213 Å². The van der Waals surface area contributed by atoms with Gasteiger partial charge in [-0.15, -0.1) is 33.7 Å². The molecular weight excluding hydrogens is 517 g/mol. The molecule has 1 saturated heterocycles. The normalized spacial score (nSPS) is 20.5. The van der Waals surface area contributed by atoms with E-state index in [-0.39, 0.29) is 11.6 Å². The molecule has 0 saturated carbocycles. The van der Waals surface area contributed by atoms with E-state index in [1.54, 1.807) is 7.11 Å². The van der Waals surface area contributed by atoms with Gasteiger partial charge in [-0.05, 0) is 18.1 Å². The Kier molecular flexibility index (Phi) is 8.19. The molecular formula is C21H22N4O5S4. The van der Waals surface area contributed by atoms with Gasteiger partial charge in [0.1, 0.15) is 27.4 Å². The van der Waals surface area contributed by atoms with E-state index in [1.165, 1.54) is 51.5 Å². The lowest BCUT2D eigenvalue weighted by Gasteiger charge is -2.49. The molecule has 0 bridgehead atoms. The van der Waals surface area contributed by atoms with E-state index in [9.17, 15) is 19.5 Å². The lowest BCUT2D eigenvalue weighted by Crippen LogP contribution is -2.70. The number of β-lactam (4-membered cyclic amide) rings is 1. The molecule has 9 nitrogen and oxygen atoms in total. The molecule has 1 fully saturated rings. The number of rotatable bonds is 10. The number of fused-ring (bicyclic) bond motifs is 1. The summed E-state index contributed by atoms with van der Waals surface area (Å²) in [7, 11) is 1.56. The summed E-state index contributed by atoms with van der Waals surface area (Å²) in [6.45, 7) is 1.86. The minimum atomic E-state index is -1.15. The first-order valence-electron chi connectivity index (χ1n) is 10.2. The molecule has 0 radical (unpaired) electrons. The molecule has 34 heavy (non-hydrogen) atoms. The number of carboxylic acid groups (broad SMARTS) is 1. The highest BCUT2D eigenvalue weighted by Crippen LogP contribution is 2.42. The van der Waals surface area contributed by atoms with Gasteiger partial charge in [-0.2, -0.15) is 0 Å². The molecule has 4 rings (SSSR count). The van der Waals surface area contributed by atoms with Crippen LogP contribution < -0.4 is 5.32 Å². The van der Waals surface area contributed by atoms with Crippen molar-refractivity contribution in [2.24, 2.45) is 0 Å². The van der Waals surface area contributed by atoms with Crippen molar-refractivity contribution in [3.63, 3.8) is 0 Å². The van der Waals surface area contributed by atoms with Crippen molar-refractivity contribution in [3.8, 4) is 0 Å². The zero-order valence-corrected chi connectivity index (χ0v) is 21.6. The number of aryl methyl sites for hydroxylation is 1. The molecule has 1 aromatic heterocycles. The molecule has 2 unspecified atom stereocenters. The van der Waals surface area contributed by atoms with Crippen molar-refractivity contribution in [1.29, 1.82) is 0 Å². The van der Waals surface area contributed by atoms with Crippen molar-refractivity contribution in [1.82, 2.24) is 20.4 Å². The first-order chi connectivity index (χ1) is 16.4. The van der Waals surface area contributed by atoms with Crippen molar-refractivity contribution in [3.05, 3.63) is 52.2 Å². The minimum Gasteiger partial charge on any atom is -0.477 e. The topological polar surface area (TPSA) is 122 Å². The van der Waals surface area contributed by atoms with Crippen LogP contribution in [0.3, 0.4) is 0 Å². The van der Waals surface area contributed by atoms with Crippen LogP contribution in [0.2, 0.25) is 0 Å². The lowest BCUT2D eigenvalue weighted by molar-refractivity contribution is -0.150. The third-order valence-corrected chi connectivity index (χ3v) is 9.71. The van der Waals surface area contributed by atoms with E-state index in [1.807, 2.05) is 37.3 Å². The smallest absolute Gasteiger partial charge is 0.352 e. The molecule has 2 aliphatic rings. The summed E-state index contributed by atoms with van der Waals surface area (Å²) in [6, 6.07) is 8.50. The summed E-state index contributed by atoms with van der Waals surface area (Å²) in [5.41, 5.74) is 1.46. The largest absolute Gasteiger partial charge is 0.477 e. The lowest BCUT2D eigenvalue weighted by atomic mass is 10.0. The fourth-order valence-corrected chi connectivity index (χ4v) is 7.74. The Balaban J connectivity index is 1.47. The van der Waals surface area contributed by atoms with Crippen LogP contribution in [-0.4, -0.2) is 74.0 Å². The number of amides is 2. The first-order valence-corrected chi connectivity index (χ1v) is 14.1. The van der Waals surface area contributed by atoms with Gasteiger partial charge < -0.3 is 15.2 Å². The van der Waals surface area contributed by atoms with Crippen LogP contribution in [0.4, 0.5) is 0 Å². The van der Waals surface area contributed by atoms with E-state index < -0.39 is 28.5 Å². The van der Waals surface area contributed by atoms with E-state index in [4.69, 9.17) is 4.74 Å². The number of ether oxygens (including phenoxy) is 1. The highest BCUT2D eigenvalue weighted by molar-refractivity contribution is 8.02. The second kappa shape index (κ2) is 11.1. The number of thioether (sulfide) groups is 3. The van der Waals surface area contributed by atoms with Crippen LogP contribution in [-0.2, 0) is 19.1 Å². The predicted octanol–water partition coefficient (Wildman–Crippen LogP) is 2.76. The summed E-state index contributed by atoms with van der Waals surface area (Å²) in [6.07, 6.45) is 0. The van der Waals surface area contributed by atoms with Crippen LogP contribution >= 0.6 is 46.6 Å². The molecule has 0 aliphatic carbocycles. The number of aromatic nitrogens is 2. The van der Waals surface area contributed by atoms with Crippen LogP contribution in [0, 0.1) is 6.92 Å². The Morgan fingerprint density at radius 2 is 2.09 bits per heavy atom. The van der Waals surface area contributed by atoms with Gasteiger partial charge in [0.2, 0.25) is 5.91 Å². The Morgan fingerprint density at radius 1 is 1.32 bits per heavy atom. The number of carbonyl (C=O) groups excluding carboxylic acids is 2. The second-order valence-corrected chi connectivity index (χ2v) is 11.9. The number of hydrogen-bond donors (Lipinski definition) is 2. The number of aliphatic carboxylic acids is 1. The number of methoxy groups -OCH3 is 1. The molecule has 1 aromatic carbocycles. The number of nitrogens with zero attached hydrogens (tertiary/aromatic N) is 3. The average Bonchev–Trinajstić information content (AvgIpc) is 3.26. The molecule has 2 aliphatic heterocycles. The maximum absolute atomic E-state index is 13.1. The van der Waals surface area contributed by atoms with Crippen molar-refractivity contribution in [2.45, 2.75) is 27.9 Å². The van der Waals surface area contributed by atoms with E-state index >= 15 is 0 Å². The molecule has 2 aromatic rings. The van der Waals surface area contributed by atoms with Crippen molar-refractivity contribution >= 4 is 64.4 Å². The second-order valence-electron chi connectivity index (χ2n) is 7.39. The fraction of sp³-hybridized carbons (Fsp3) is 0.381. The van der Waals surface area contributed by atoms with Gasteiger partial charge in [0, 0.05) is 18.6 Å². The molecule has 13 heteroatoms. The van der Waals surface area contributed by atoms with E-state index in [0.717, 1.165) is 14.9 Å². The molecule has 3 atom stereocenters. The van der Waals surface area contributed by atoms with Gasteiger partial charge in [-0.25, -0.2) is 4.79 Å². The standard InChI is InChI=1S/C21H22N4O5S4/c1-11-23-24-21(34-11)32-9-13-8-31-19-14(18(27)25(19)15(13)20(28)29)22-17(26)16(33-10-30-2)12-6-4-3-5-7-12/h3-7,14,16,19H,8-10H2,1-2H3,(H,22,26)(H,28,29)/t14-,16?,19?/m0/s1. The monoisotopic (exact) mass is 538 g/mol. The van der Waals surface area contributed by atoms with Crippen molar-refractivity contribution in [2.75, 3.05) is 24.6 Å². The van der Waals surface area contributed by atoms with E-state index in [2.05, 4.69) is 15.5 Å². The molecule has 180 valence electrons. The highest BCUT2D eigenvalue weighted by atomic mass is 32.2. The van der Waals surface area contributed by atoms with Gasteiger partial charge in [0.15, 0.2) is 4.34 Å². The number of carboxylic acids is 1. The Morgan fingerprint density at radius 3 is 2.74 bits per heavy atom. The van der Waals surface area contributed by atoms with Gasteiger partial charge in [0.05, 0.1) is 5.94 Å². The van der Waals surface area contributed by atoms with E-state index in [0.29, 0.717) is 23.0 Å². The van der Waals surface area contributed by atoms with Crippen LogP contribution in [0.15, 0.2) is 45.9 Å². The SMILES string of the molecule is COCSC(C(=O)N[C@H]1C(=O)N2C(C(=O)O)=C(CSc3nnc(C)s3)CSC12)c1ccccc1. The molecule has 0 spiro atoms. The summed E-state index contributed by atoms with van der Waals surface area (Å²) in [4.78, 5) is 39.4. The number of hydrogen-bond acceptors (Lipinski definition) is 10. The maximum Gasteiger partial charge on any atom is 0.352 e. The fourth-order valence-electron chi connectivity index (χ4n) is 3.60. The third-order valence-electron chi connectivity index (χ3n) is 5.12. The average molecular weight is 539 g/mol. The highest BCUT2D eigenvalue weighted by Gasteiger charge is 2.54. The third kappa shape index (κ3) is 5.28. The predicted molar refractivity (Wildman–Crippen MR) is 134 cm³/mol. The number of carbonyl (C=O) groups is 3. The van der Waals surface area contributed by atoms with Crippen LogP contribution in [0.5, 0.6) is 0 Å². The summed E-state index contributed by atoms with van der Waals surface area (Å²) in [5.74, 6) is -0.697. The zero-order valence-electron chi connectivity index (χ0n) is 18.3. The Hall–Kier alpha value is -2.06. The summed E-state index contributed by atoms with van der Waals surface area (Å²) >= 11 is 5.62. The van der Waals surface area contributed by atoms with Crippen molar-refractivity contribution < 1.29 is 24.2 Å². The van der Waals surface area contributed by atoms with Gasteiger partial charge in [-0.3, -0.25) is 14.5 Å². The minimum absolute atomic E-state index is 0.00125. The summed E-state index contributed by atoms with van der Waals surface area (Å²) in [5, 5.41) is 20.6. The maximum atomic E-state index is 13.1. The first kappa shape index (κ1) is 25.0. The number of benzene rings is 1. The summed E-state index contributed by atoms with van der Waals surface area (Å²) < 4.78 is 5.88. The Bertz CT molecular complexity index is 1110.